The van der Waals surface area contributed by atoms with E-state index >= 15 is 0 Å². The van der Waals surface area contributed by atoms with Crippen molar-refractivity contribution in [3.8, 4) is 11.8 Å². The number of benzene rings is 1. The molecule has 1 fully saturated rings. The first-order chi connectivity index (χ1) is 18.5. The highest BCUT2D eigenvalue weighted by Gasteiger charge is 2.56. The van der Waals surface area contributed by atoms with Gasteiger partial charge in [0.1, 0.15) is 41.8 Å². The van der Waals surface area contributed by atoms with Crippen LogP contribution in [0.15, 0.2) is 42.9 Å². The van der Waals surface area contributed by atoms with E-state index in [0.29, 0.717) is 5.69 Å². The molecule has 0 radical (unpaired) electrons. The van der Waals surface area contributed by atoms with E-state index in [2.05, 4.69) is 26.2 Å². The monoisotopic (exact) mass is 559 g/mol. The van der Waals surface area contributed by atoms with Crippen LogP contribution < -0.4 is 15.3 Å². The molecule has 6 atom stereocenters. The normalized spacial score (nSPS) is 25.2. The highest BCUT2D eigenvalue weighted by molar-refractivity contribution is 7.52. The Morgan fingerprint density at radius 3 is 2.72 bits per heavy atom. The van der Waals surface area contributed by atoms with Crippen molar-refractivity contribution in [2.45, 2.75) is 58.2 Å². The van der Waals surface area contributed by atoms with Gasteiger partial charge in [-0.25, -0.2) is 19.0 Å². The van der Waals surface area contributed by atoms with Crippen molar-refractivity contribution >= 4 is 25.2 Å². The molecular formula is C24H30N7O7P. The van der Waals surface area contributed by atoms with Crippen LogP contribution in [0.5, 0.6) is 5.75 Å². The highest BCUT2D eigenvalue weighted by Crippen LogP contribution is 2.50. The number of para-hydroxylation sites is 1. The first-order valence-corrected chi connectivity index (χ1v) is 13.7. The number of aliphatic hydroxyl groups is 1. The molecule has 1 saturated heterocycles. The second kappa shape index (κ2) is 11.3. The van der Waals surface area contributed by atoms with Crippen LogP contribution in [-0.2, 0) is 23.4 Å². The molecule has 15 heteroatoms. The number of hydrogen-bond donors (Lipinski definition) is 3. The highest BCUT2D eigenvalue weighted by atomic mass is 31.2. The molecule has 39 heavy (non-hydrogen) atoms. The van der Waals surface area contributed by atoms with Crippen LogP contribution in [0, 0.1) is 16.7 Å². The Hall–Kier alpha value is -3.60. The molecule has 2 aromatic heterocycles. The van der Waals surface area contributed by atoms with Crippen molar-refractivity contribution in [1.82, 2.24) is 24.7 Å². The van der Waals surface area contributed by atoms with Gasteiger partial charge >= 0.3 is 13.7 Å². The summed E-state index contributed by atoms with van der Waals surface area (Å²) in [7, 11) is -4.23. The van der Waals surface area contributed by atoms with Crippen molar-refractivity contribution in [3.63, 3.8) is 0 Å². The molecule has 0 saturated carbocycles. The van der Waals surface area contributed by atoms with E-state index in [1.165, 1.54) is 30.9 Å². The Morgan fingerprint density at radius 1 is 1.33 bits per heavy atom. The van der Waals surface area contributed by atoms with Gasteiger partial charge in [-0.2, -0.15) is 15.4 Å². The zero-order chi connectivity index (χ0) is 28.4. The van der Waals surface area contributed by atoms with Gasteiger partial charge in [0.25, 0.3) is 0 Å². The van der Waals surface area contributed by atoms with Crippen molar-refractivity contribution < 1.29 is 33.0 Å². The lowest BCUT2D eigenvalue weighted by molar-refractivity contribution is -0.149. The maximum Gasteiger partial charge on any atom is 0.459 e. The van der Waals surface area contributed by atoms with Gasteiger partial charge in [0.2, 0.25) is 0 Å². The summed E-state index contributed by atoms with van der Waals surface area (Å²) in [6.07, 6.45) is -1.21. The molecule has 4 N–H and O–H groups in total. The number of nitriles is 1. The Labute approximate surface area is 224 Å². The summed E-state index contributed by atoms with van der Waals surface area (Å²) in [4.78, 5) is 20.5. The number of carbonyl (C=O) groups is 1. The maximum atomic E-state index is 13.8. The van der Waals surface area contributed by atoms with Crippen LogP contribution in [0.1, 0.15) is 39.5 Å². The number of hydrogen-bond acceptors (Lipinski definition) is 12. The minimum absolute atomic E-state index is 0.128. The third-order valence-electron chi connectivity index (χ3n) is 6.12. The number of nitrogens with two attached hydrogens (primary N) is 1. The van der Waals surface area contributed by atoms with Crippen LogP contribution in [0.2, 0.25) is 0 Å². The topological polar surface area (TPSA) is 196 Å². The molecule has 1 aliphatic rings. The second-order valence-corrected chi connectivity index (χ2v) is 11.2. The molecular weight excluding hydrogens is 529 g/mol. The van der Waals surface area contributed by atoms with E-state index < -0.39 is 50.1 Å². The Kier molecular flexibility index (Phi) is 8.20. The molecule has 14 nitrogen and oxygen atoms in total. The number of fused-ring (bicyclic) bond motifs is 1. The van der Waals surface area contributed by atoms with Gasteiger partial charge in [-0.05, 0) is 39.8 Å². The fourth-order valence-corrected chi connectivity index (χ4v) is 5.60. The molecule has 3 heterocycles. The summed E-state index contributed by atoms with van der Waals surface area (Å²) in [5, 5.41) is 27.9. The molecule has 3 aromatic rings. The Bertz CT molecular complexity index is 1410. The summed E-state index contributed by atoms with van der Waals surface area (Å²) in [5.74, 6) is -0.314. The van der Waals surface area contributed by atoms with Gasteiger partial charge in [-0.3, -0.25) is 9.32 Å². The lowest BCUT2D eigenvalue weighted by Gasteiger charge is -2.26. The van der Waals surface area contributed by atoms with Crippen LogP contribution in [0.25, 0.3) is 5.65 Å². The molecule has 0 unspecified atom stereocenters. The first kappa shape index (κ1) is 28.4. The predicted molar refractivity (Wildman–Crippen MR) is 137 cm³/mol. The standard InChI is InChI=1S/C24H30N7O7P/c1-14(2)36-23(33)15(3)30-39(34,38-16-8-6-5-7-9-16)35-11-18-19(32)24(4,12-25)20(37-18)17-10-27-22-21(26)28-13-29-31(17)22/h5-10,13-15,18-20,32H,11H2,1-4H3,(H,30,34)(H2,26,28,29)/t15-,18+,19+,20-,24+,39+/m0/s1. The van der Waals surface area contributed by atoms with Crippen molar-refractivity contribution in [2.75, 3.05) is 12.3 Å². The molecule has 208 valence electrons. The largest absolute Gasteiger partial charge is 0.462 e. The molecule has 0 bridgehead atoms. The minimum atomic E-state index is -4.23. The zero-order valence-corrected chi connectivity index (χ0v) is 22.7. The molecule has 0 spiro atoms. The molecule has 4 rings (SSSR count). The smallest absolute Gasteiger partial charge is 0.459 e. The van der Waals surface area contributed by atoms with Gasteiger partial charge in [-0.15, -0.1) is 0 Å². The number of nitrogen functional groups attached to an aromatic ring is 1. The van der Waals surface area contributed by atoms with Crippen LogP contribution in [-0.4, -0.2) is 61.6 Å². The van der Waals surface area contributed by atoms with E-state index in [4.69, 9.17) is 24.3 Å². The second-order valence-electron chi connectivity index (χ2n) is 9.49. The first-order valence-electron chi connectivity index (χ1n) is 12.1. The van der Waals surface area contributed by atoms with E-state index in [9.17, 15) is 19.7 Å². The summed E-state index contributed by atoms with van der Waals surface area (Å²) in [5.41, 5.74) is 5.03. The van der Waals surface area contributed by atoms with Gasteiger partial charge in [0.15, 0.2) is 11.5 Å². The summed E-state index contributed by atoms with van der Waals surface area (Å²) >= 11 is 0. The Balaban J connectivity index is 1.57. The molecule has 1 aromatic carbocycles. The van der Waals surface area contributed by atoms with E-state index in [1.54, 1.807) is 44.2 Å². The third-order valence-corrected chi connectivity index (χ3v) is 7.77. The van der Waals surface area contributed by atoms with Crippen molar-refractivity contribution in [2.24, 2.45) is 5.41 Å². The third kappa shape index (κ3) is 5.88. The lowest BCUT2D eigenvalue weighted by atomic mass is 9.80. The lowest BCUT2D eigenvalue weighted by Crippen LogP contribution is -2.39. The minimum Gasteiger partial charge on any atom is -0.462 e. The number of ether oxygens (including phenoxy) is 2. The number of imidazole rings is 1. The number of anilines is 1. The number of nitrogens with one attached hydrogen (secondary N) is 1. The number of aliphatic hydroxyl groups excluding tert-OH is 1. The fourth-order valence-electron chi connectivity index (χ4n) is 4.10. The van der Waals surface area contributed by atoms with Gasteiger partial charge in [0.05, 0.1) is 30.7 Å². The zero-order valence-electron chi connectivity index (χ0n) is 21.8. The van der Waals surface area contributed by atoms with Gasteiger partial charge in [-0.1, -0.05) is 18.2 Å². The molecule has 0 aliphatic carbocycles. The van der Waals surface area contributed by atoms with Gasteiger partial charge < -0.3 is 24.8 Å². The summed E-state index contributed by atoms with van der Waals surface area (Å²) in [6, 6.07) is 9.29. The number of aromatic nitrogens is 4. The Morgan fingerprint density at radius 2 is 2.05 bits per heavy atom. The molecule has 1 aliphatic heterocycles. The average molecular weight is 560 g/mol. The average Bonchev–Trinajstić information content (AvgIpc) is 3.43. The van der Waals surface area contributed by atoms with E-state index in [-0.39, 0.29) is 23.3 Å². The van der Waals surface area contributed by atoms with E-state index in [0.717, 1.165) is 0 Å². The van der Waals surface area contributed by atoms with Gasteiger partial charge in [0, 0.05) is 0 Å². The SMILES string of the molecule is CC(C)OC(=O)[C@H](C)N[P@@](=O)(OC[C@H]1O[C@@H](c2cnc3c(N)ncnn23)[C@](C)(C#N)[C@@H]1O)Oc1ccccc1. The van der Waals surface area contributed by atoms with Crippen LogP contribution in [0.4, 0.5) is 5.82 Å². The van der Waals surface area contributed by atoms with Crippen molar-refractivity contribution in [1.29, 1.82) is 5.26 Å². The summed E-state index contributed by atoms with van der Waals surface area (Å²) in [6.45, 7) is 5.90. The number of rotatable bonds is 10. The quantitative estimate of drug-likeness (QED) is 0.242. The van der Waals surface area contributed by atoms with Crippen LogP contribution >= 0.6 is 7.75 Å². The van der Waals surface area contributed by atoms with Crippen molar-refractivity contribution in [3.05, 3.63) is 48.5 Å². The predicted octanol–water partition coefficient (Wildman–Crippen LogP) is 2.17. The van der Waals surface area contributed by atoms with E-state index in [1.807, 2.05) is 0 Å². The maximum absolute atomic E-state index is 13.8. The fraction of sp³-hybridized carbons (Fsp3) is 0.458. The number of esters is 1. The number of carbonyl (C=O) groups excluding carboxylic acids is 1. The molecule has 0 amide bonds. The van der Waals surface area contributed by atoms with Crippen LogP contribution in [0.3, 0.4) is 0 Å². The number of nitrogens with zero attached hydrogens (tertiary/aromatic N) is 5. The summed E-state index contributed by atoms with van der Waals surface area (Å²) < 4.78 is 37.7.